The van der Waals surface area contributed by atoms with Gasteiger partial charge in [-0.15, -0.1) is 11.3 Å². The fourth-order valence-corrected chi connectivity index (χ4v) is 3.32. The van der Waals surface area contributed by atoms with Crippen LogP contribution in [0.1, 0.15) is 10.4 Å². The van der Waals surface area contributed by atoms with Gasteiger partial charge in [-0.05, 0) is 6.07 Å². The number of β-amino-alcohol motifs (C(OH)–C–C–N with tert-alkyl or cyclic N) is 1. The molecule has 0 aromatic carbocycles. The number of rotatable bonds is 2. The van der Waals surface area contributed by atoms with Crippen molar-refractivity contribution in [3.8, 4) is 0 Å². The summed E-state index contributed by atoms with van der Waals surface area (Å²) in [6.45, 7) is 1.08. The van der Waals surface area contributed by atoms with Crippen LogP contribution in [0, 0.1) is 0 Å². The Balaban J connectivity index is 2.17. The number of nitrogens with one attached hydrogen (secondary N) is 1. The third-order valence-corrected chi connectivity index (χ3v) is 4.34. The maximum absolute atomic E-state index is 12.2. The summed E-state index contributed by atoms with van der Waals surface area (Å²) in [6.07, 6.45) is -0.545. The van der Waals surface area contributed by atoms with Gasteiger partial charge in [-0.2, -0.15) is 0 Å². The summed E-state index contributed by atoms with van der Waals surface area (Å²) in [4.78, 5) is 13.7. The Hall–Kier alpha value is -0.330. The molecule has 1 aromatic rings. The van der Waals surface area contributed by atoms with Crippen molar-refractivity contribution in [3.05, 3.63) is 20.3 Å². The lowest BCUT2D eigenvalue weighted by atomic mass is 10.1. The van der Waals surface area contributed by atoms with Crippen molar-refractivity contribution in [1.29, 1.82) is 0 Å². The molecule has 0 saturated carbocycles. The summed E-state index contributed by atoms with van der Waals surface area (Å²) >= 11 is 12.9. The van der Waals surface area contributed by atoms with Gasteiger partial charge in [0.1, 0.15) is 4.34 Å². The summed E-state index contributed by atoms with van der Waals surface area (Å²) in [5, 5.41) is 12.7. The van der Waals surface area contributed by atoms with E-state index in [1.54, 1.807) is 13.1 Å². The van der Waals surface area contributed by atoms with E-state index in [2.05, 4.69) is 5.32 Å². The predicted molar refractivity (Wildman–Crippen MR) is 69.1 cm³/mol. The largest absolute Gasteiger partial charge is 0.390 e. The zero-order valence-corrected chi connectivity index (χ0v) is 11.4. The Kier molecular flexibility index (Phi) is 3.95. The molecule has 94 valence electrons. The highest BCUT2D eigenvalue weighted by atomic mass is 35.5. The van der Waals surface area contributed by atoms with Crippen LogP contribution >= 0.6 is 34.5 Å². The first-order chi connectivity index (χ1) is 8.00. The third kappa shape index (κ3) is 2.58. The highest BCUT2D eigenvalue weighted by Crippen LogP contribution is 2.32. The second kappa shape index (κ2) is 5.12. The number of hydrogen-bond acceptors (Lipinski definition) is 4. The number of nitrogens with zero attached hydrogens (tertiary/aromatic N) is 1. The molecular weight excluding hydrogens is 283 g/mol. The molecule has 2 N–H and O–H groups in total. The summed E-state index contributed by atoms with van der Waals surface area (Å²) < 4.78 is 0.865. The van der Waals surface area contributed by atoms with Crippen LogP contribution < -0.4 is 5.32 Å². The van der Waals surface area contributed by atoms with Crippen LogP contribution in [-0.4, -0.2) is 48.2 Å². The summed E-state index contributed by atoms with van der Waals surface area (Å²) in [7, 11) is 1.66. The quantitative estimate of drug-likeness (QED) is 0.868. The van der Waals surface area contributed by atoms with Gasteiger partial charge < -0.3 is 15.3 Å². The molecule has 7 heteroatoms. The van der Waals surface area contributed by atoms with Crippen molar-refractivity contribution in [3.63, 3.8) is 0 Å². The van der Waals surface area contributed by atoms with Crippen LogP contribution in [0.2, 0.25) is 8.67 Å². The van der Waals surface area contributed by atoms with Gasteiger partial charge in [-0.1, -0.05) is 23.2 Å². The van der Waals surface area contributed by atoms with E-state index in [0.29, 0.717) is 27.3 Å². The van der Waals surface area contributed by atoms with E-state index in [9.17, 15) is 9.90 Å². The molecule has 2 heterocycles. The first-order valence-electron chi connectivity index (χ1n) is 5.11. The Morgan fingerprint density at radius 2 is 2.29 bits per heavy atom. The number of aliphatic hydroxyl groups excluding tert-OH is 1. The van der Waals surface area contributed by atoms with Gasteiger partial charge in [0, 0.05) is 20.1 Å². The van der Waals surface area contributed by atoms with Crippen LogP contribution in [0.5, 0.6) is 0 Å². The zero-order valence-electron chi connectivity index (χ0n) is 9.11. The van der Waals surface area contributed by atoms with E-state index in [1.165, 1.54) is 4.90 Å². The molecule has 4 nitrogen and oxygen atoms in total. The van der Waals surface area contributed by atoms with Crippen molar-refractivity contribution >= 4 is 40.4 Å². The van der Waals surface area contributed by atoms with Gasteiger partial charge in [0.25, 0.3) is 5.91 Å². The molecule has 0 unspecified atom stereocenters. The minimum atomic E-state index is -0.545. The number of thiophene rings is 1. The molecule has 1 fully saturated rings. The van der Waals surface area contributed by atoms with Crippen LogP contribution in [-0.2, 0) is 0 Å². The molecule has 1 aliphatic heterocycles. The molecule has 1 aromatic heterocycles. The van der Waals surface area contributed by atoms with E-state index in [0.717, 1.165) is 11.3 Å². The van der Waals surface area contributed by atoms with E-state index in [4.69, 9.17) is 23.2 Å². The number of aliphatic hydroxyl groups is 1. The van der Waals surface area contributed by atoms with Gasteiger partial charge in [0.2, 0.25) is 0 Å². The fourth-order valence-electron chi connectivity index (χ4n) is 1.87. The van der Waals surface area contributed by atoms with Crippen molar-refractivity contribution in [2.45, 2.75) is 12.1 Å². The first-order valence-corrected chi connectivity index (χ1v) is 6.68. The Bertz CT molecular complexity index is 438. The smallest absolute Gasteiger partial charge is 0.256 e. The molecule has 0 spiro atoms. The normalized spacial score (nSPS) is 24.0. The molecule has 1 saturated heterocycles. The van der Waals surface area contributed by atoms with Gasteiger partial charge in [0.15, 0.2) is 0 Å². The van der Waals surface area contributed by atoms with E-state index >= 15 is 0 Å². The lowest BCUT2D eigenvalue weighted by molar-refractivity contribution is 0.0582. The number of likely N-dealkylation sites (N-methyl/N-ethyl adjacent to an activating group) is 1. The predicted octanol–water partition coefficient (Wildman–Crippen LogP) is 1.46. The van der Waals surface area contributed by atoms with Gasteiger partial charge in [-0.3, -0.25) is 4.79 Å². The van der Waals surface area contributed by atoms with Crippen LogP contribution in [0.25, 0.3) is 0 Å². The number of hydrogen-bond donors (Lipinski definition) is 2. The monoisotopic (exact) mass is 294 g/mol. The summed E-state index contributed by atoms with van der Waals surface area (Å²) in [5.41, 5.74) is 0.392. The number of amides is 1. The molecule has 2 rings (SSSR count). The van der Waals surface area contributed by atoms with Crippen molar-refractivity contribution in [1.82, 2.24) is 10.2 Å². The van der Waals surface area contributed by atoms with Gasteiger partial charge in [0.05, 0.1) is 22.0 Å². The minimum absolute atomic E-state index is 0.217. The van der Waals surface area contributed by atoms with Crippen LogP contribution in [0.3, 0.4) is 0 Å². The molecule has 1 aliphatic rings. The van der Waals surface area contributed by atoms with Crippen molar-refractivity contribution < 1.29 is 9.90 Å². The summed E-state index contributed by atoms with van der Waals surface area (Å²) in [6, 6.07) is 1.33. The zero-order chi connectivity index (χ0) is 12.6. The first kappa shape index (κ1) is 13.1. The maximum atomic E-state index is 12.2. The molecule has 0 radical (unpaired) electrons. The molecule has 17 heavy (non-hydrogen) atoms. The SMILES string of the molecule is CN(C(=O)c1cc(Cl)sc1Cl)[C@H]1CNC[C@@H]1O. The van der Waals surface area contributed by atoms with Crippen molar-refractivity contribution in [2.24, 2.45) is 0 Å². The molecule has 1 amide bonds. The average Bonchev–Trinajstić information content (AvgIpc) is 2.82. The molecule has 0 aliphatic carbocycles. The summed E-state index contributed by atoms with van der Waals surface area (Å²) in [5.74, 6) is -0.217. The third-order valence-electron chi connectivity index (χ3n) is 2.86. The number of carbonyl (C=O) groups excluding carboxylic acids is 1. The van der Waals surface area contributed by atoms with E-state index < -0.39 is 6.10 Å². The Labute approximate surface area is 113 Å². The Morgan fingerprint density at radius 3 is 2.76 bits per heavy atom. The second-order valence-corrected chi connectivity index (χ2v) is 6.23. The standard InChI is InChI=1S/C10H12Cl2N2O2S/c1-14(6-3-13-4-7(6)15)10(16)5-2-8(11)17-9(5)12/h2,6-7,13,15H,3-4H2,1H3/t6-,7-/m0/s1. The number of carbonyl (C=O) groups is 1. The molecule has 0 bridgehead atoms. The maximum Gasteiger partial charge on any atom is 0.256 e. The highest BCUT2D eigenvalue weighted by molar-refractivity contribution is 7.20. The molecule has 2 atom stereocenters. The van der Waals surface area contributed by atoms with Crippen LogP contribution in [0.15, 0.2) is 6.07 Å². The van der Waals surface area contributed by atoms with E-state index in [-0.39, 0.29) is 11.9 Å². The topological polar surface area (TPSA) is 52.6 Å². The van der Waals surface area contributed by atoms with E-state index in [1.807, 2.05) is 0 Å². The highest BCUT2D eigenvalue weighted by Gasteiger charge is 2.32. The Morgan fingerprint density at radius 1 is 1.59 bits per heavy atom. The van der Waals surface area contributed by atoms with Crippen LogP contribution in [0.4, 0.5) is 0 Å². The number of halogens is 2. The molecular formula is C10H12Cl2N2O2S. The lowest BCUT2D eigenvalue weighted by Gasteiger charge is -2.26. The van der Waals surface area contributed by atoms with Gasteiger partial charge >= 0.3 is 0 Å². The van der Waals surface area contributed by atoms with Gasteiger partial charge in [-0.25, -0.2) is 0 Å². The average molecular weight is 295 g/mol. The lowest BCUT2D eigenvalue weighted by Crippen LogP contribution is -2.44. The second-order valence-electron chi connectivity index (χ2n) is 3.95. The van der Waals surface area contributed by atoms with Crippen molar-refractivity contribution in [2.75, 3.05) is 20.1 Å². The fraction of sp³-hybridized carbons (Fsp3) is 0.500. The minimum Gasteiger partial charge on any atom is -0.390 e.